The molecule has 1 rings (SSSR count). The van der Waals surface area contributed by atoms with E-state index in [0.29, 0.717) is 6.04 Å². The summed E-state index contributed by atoms with van der Waals surface area (Å²) in [4.78, 5) is 0. The Hall–Kier alpha value is -0.700. The number of hydrazine groups is 1. The zero-order valence-electron chi connectivity index (χ0n) is 7.68. The Morgan fingerprint density at radius 3 is 2.27 bits per heavy atom. The third-order valence-electron chi connectivity index (χ3n) is 1.99. The molecular formula is C8H17N3. The van der Waals surface area contributed by atoms with Gasteiger partial charge in [0.05, 0.1) is 6.04 Å². The molecule has 0 amide bonds. The van der Waals surface area contributed by atoms with Gasteiger partial charge in [-0.3, -0.25) is 5.01 Å². The summed E-state index contributed by atoms with van der Waals surface area (Å²) < 4.78 is 0. The number of hydrogen-bond acceptors (Lipinski definition) is 3. The number of nitrogens with two attached hydrogens (primary N) is 1. The van der Waals surface area contributed by atoms with E-state index in [1.165, 1.54) is 0 Å². The molecule has 0 bridgehead atoms. The quantitative estimate of drug-likeness (QED) is 0.539. The third kappa shape index (κ3) is 1.66. The molecule has 0 fully saturated rings. The minimum Gasteiger partial charge on any atom is -0.385 e. The fourth-order valence-electron chi connectivity index (χ4n) is 1.05. The molecule has 1 aliphatic heterocycles. The van der Waals surface area contributed by atoms with Crippen LogP contribution in [0.4, 0.5) is 0 Å². The van der Waals surface area contributed by atoms with Gasteiger partial charge in [0.15, 0.2) is 0 Å². The summed E-state index contributed by atoms with van der Waals surface area (Å²) in [6.07, 6.45) is 2.06. The predicted molar refractivity (Wildman–Crippen MR) is 46.4 cm³/mol. The second-order valence-corrected chi connectivity index (χ2v) is 4.12. The van der Waals surface area contributed by atoms with Crippen LogP contribution in [0.25, 0.3) is 0 Å². The van der Waals surface area contributed by atoms with Gasteiger partial charge in [0.25, 0.3) is 0 Å². The molecule has 3 nitrogen and oxygen atoms in total. The van der Waals surface area contributed by atoms with Crippen LogP contribution < -0.4 is 11.2 Å². The lowest BCUT2D eigenvalue weighted by Crippen LogP contribution is -2.41. The molecule has 0 spiro atoms. The average molecular weight is 155 g/mol. The first-order valence-corrected chi connectivity index (χ1v) is 3.88. The van der Waals surface area contributed by atoms with Gasteiger partial charge >= 0.3 is 0 Å². The average Bonchev–Trinajstić information content (AvgIpc) is 2.11. The Balaban J connectivity index is 2.68. The van der Waals surface area contributed by atoms with Gasteiger partial charge in [-0.15, -0.1) is 0 Å². The largest absolute Gasteiger partial charge is 0.385 e. The molecule has 0 aliphatic carbocycles. The van der Waals surface area contributed by atoms with Crippen LogP contribution in [0.15, 0.2) is 11.9 Å². The van der Waals surface area contributed by atoms with E-state index < -0.39 is 0 Å². The summed E-state index contributed by atoms with van der Waals surface area (Å²) in [6.45, 7) is 6.56. The van der Waals surface area contributed by atoms with Crippen molar-refractivity contribution >= 4 is 0 Å². The molecule has 0 saturated carbocycles. The first-order chi connectivity index (χ1) is 4.91. The topological polar surface area (TPSA) is 41.3 Å². The van der Waals surface area contributed by atoms with Gasteiger partial charge in [0, 0.05) is 7.05 Å². The SMILES string of the molecule is CN1NC(C(C)(C)C)C=C1N. The summed E-state index contributed by atoms with van der Waals surface area (Å²) in [5.41, 5.74) is 9.18. The van der Waals surface area contributed by atoms with Crippen molar-refractivity contribution in [3.8, 4) is 0 Å². The number of nitrogens with zero attached hydrogens (tertiary/aromatic N) is 1. The molecule has 0 radical (unpaired) electrons. The number of hydrogen-bond donors (Lipinski definition) is 2. The van der Waals surface area contributed by atoms with Gasteiger partial charge in [-0.05, 0) is 11.5 Å². The van der Waals surface area contributed by atoms with Crippen molar-refractivity contribution in [3.63, 3.8) is 0 Å². The van der Waals surface area contributed by atoms with Crippen molar-refractivity contribution in [2.75, 3.05) is 7.05 Å². The van der Waals surface area contributed by atoms with E-state index in [-0.39, 0.29) is 5.41 Å². The smallest absolute Gasteiger partial charge is 0.110 e. The molecule has 3 heteroatoms. The second kappa shape index (κ2) is 2.41. The maximum Gasteiger partial charge on any atom is 0.110 e. The highest BCUT2D eigenvalue weighted by atomic mass is 15.5. The molecule has 11 heavy (non-hydrogen) atoms. The van der Waals surface area contributed by atoms with E-state index in [2.05, 4.69) is 32.3 Å². The molecule has 1 aliphatic rings. The second-order valence-electron chi connectivity index (χ2n) is 4.12. The molecule has 1 atom stereocenters. The first kappa shape index (κ1) is 8.40. The summed E-state index contributed by atoms with van der Waals surface area (Å²) in [7, 11) is 1.93. The Morgan fingerprint density at radius 1 is 1.55 bits per heavy atom. The standard InChI is InChI=1S/C8H17N3/c1-8(2,3)6-5-7(9)11(4)10-6/h5-6,10H,9H2,1-4H3. The van der Waals surface area contributed by atoms with E-state index in [1.807, 2.05) is 12.1 Å². The molecular weight excluding hydrogens is 138 g/mol. The lowest BCUT2D eigenvalue weighted by Gasteiger charge is -2.27. The number of rotatable bonds is 0. The Kier molecular flexibility index (Phi) is 1.84. The third-order valence-corrected chi connectivity index (χ3v) is 1.99. The summed E-state index contributed by atoms with van der Waals surface area (Å²) >= 11 is 0. The Labute approximate surface area is 68.2 Å². The van der Waals surface area contributed by atoms with Gasteiger partial charge in [-0.2, -0.15) is 0 Å². The van der Waals surface area contributed by atoms with Crippen molar-refractivity contribution in [1.82, 2.24) is 10.4 Å². The fraction of sp³-hybridized carbons (Fsp3) is 0.750. The zero-order chi connectivity index (χ0) is 8.65. The first-order valence-electron chi connectivity index (χ1n) is 3.88. The van der Waals surface area contributed by atoms with Crippen molar-refractivity contribution in [3.05, 3.63) is 11.9 Å². The highest BCUT2D eigenvalue weighted by Crippen LogP contribution is 2.24. The van der Waals surface area contributed by atoms with Crippen LogP contribution in [0.2, 0.25) is 0 Å². The summed E-state index contributed by atoms with van der Waals surface area (Å²) in [5.74, 6) is 0.810. The van der Waals surface area contributed by atoms with Crippen LogP contribution in [-0.2, 0) is 0 Å². The van der Waals surface area contributed by atoms with Crippen molar-refractivity contribution in [2.24, 2.45) is 11.1 Å². The maximum atomic E-state index is 5.69. The number of nitrogens with one attached hydrogen (secondary N) is 1. The molecule has 1 heterocycles. The normalized spacial score (nSPS) is 25.6. The highest BCUT2D eigenvalue weighted by molar-refractivity contribution is 5.10. The minimum absolute atomic E-state index is 0.232. The molecule has 3 N–H and O–H groups in total. The summed E-state index contributed by atoms with van der Waals surface area (Å²) in [6, 6.07) is 0.354. The molecule has 1 unspecified atom stereocenters. The van der Waals surface area contributed by atoms with Gasteiger partial charge < -0.3 is 5.73 Å². The molecule has 0 aromatic heterocycles. The van der Waals surface area contributed by atoms with Crippen LogP contribution in [-0.4, -0.2) is 18.1 Å². The van der Waals surface area contributed by atoms with Gasteiger partial charge in [0.2, 0.25) is 0 Å². The molecule has 64 valence electrons. The predicted octanol–water partition coefficient (Wildman–Crippen LogP) is 0.651. The molecule has 0 aromatic rings. The van der Waals surface area contributed by atoms with E-state index in [1.54, 1.807) is 0 Å². The van der Waals surface area contributed by atoms with E-state index in [0.717, 1.165) is 5.82 Å². The molecule has 0 aromatic carbocycles. The van der Waals surface area contributed by atoms with Crippen molar-refractivity contribution in [1.29, 1.82) is 0 Å². The highest BCUT2D eigenvalue weighted by Gasteiger charge is 2.28. The van der Waals surface area contributed by atoms with Gasteiger partial charge in [-0.1, -0.05) is 20.8 Å². The van der Waals surface area contributed by atoms with Crippen molar-refractivity contribution in [2.45, 2.75) is 26.8 Å². The van der Waals surface area contributed by atoms with Crippen molar-refractivity contribution < 1.29 is 0 Å². The van der Waals surface area contributed by atoms with Gasteiger partial charge in [0.1, 0.15) is 5.82 Å². The Bertz CT molecular complexity index is 178. The maximum absolute atomic E-state index is 5.69. The lowest BCUT2D eigenvalue weighted by atomic mass is 9.87. The minimum atomic E-state index is 0.232. The van der Waals surface area contributed by atoms with Crippen LogP contribution in [0, 0.1) is 5.41 Å². The van der Waals surface area contributed by atoms with E-state index in [4.69, 9.17) is 5.73 Å². The Morgan fingerprint density at radius 2 is 2.09 bits per heavy atom. The lowest BCUT2D eigenvalue weighted by molar-refractivity contribution is 0.223. The van der Waals surface area contributed by atoms with E-state index >= 15 is 0 Å². The van der Waals surface area contributed by atoms with Crippen LogP contribution in [0.1, 0.15) is 20.8 Å². The fourth-order valence-corrected chi connectivity index (χ4v) is 1.05. The van der Waals surface area contributed by atoms with Crippen LogP contribution >= 0.6 is 0 Å². The van der Waals surface area contributed by atoms with Crippen LogP contribution in [0.3, 0.4) is 0 Å². The molecule has 0 saturated heterocycles. The van der Waals surface area contributed by atoms with Crippen LogP contribution in [0.5, 0.6) is 0 Å². The van der Waals surface area contributed by atoms with E-state index in [9.17, 15) is 0 Å². The van der Waals surface area contributed by atoms with Gasteiger partial charge in [-0.25, -0.2) is 5.43 Å². The summed E-state index contributed by atoms with van der Waals surface area (Å²) in [5, 5.41) is 1.86. The monoisotopic (exact) mass is 155 g/mol. The zero-order valence-corrected chi connectivity index (χ0v) is 7.68.